The van der Waals surface area contributed by atoms with Crippen molar-refractivity contribution in [3.05, 3.63) is 0 Å². The van der Waals surface area contributed by atoms with Crippen molar-refractivity contribution in [1.29, 1.82) is 0 Å². The van der Waals surface area contributed by atoms with Crippen molar-refractivity contribution < 1.29 is 101 Å². The molecule has 0 aromatic carbocycles. The van der Waals surface area contributed by atoms with Crippen LogP contribution in [0.2, 0.25) is 0 Å². The number of rotatable bonds is 5. The topological polar surface area (TPSA) is 193 Å². The molecule has 0 aliphatic rings. The molecule has 0 aromatic rings. The Balaban J connectivity index is -0.000000139. The summed E-state index contributed by atoms with van der Waals surface area (Å²) in [6, 6.07) is 0. The van der Waals surface area contributed by atoms with E-state index in [-0.39, 0.29) is 59.1 Å². The molecule has 0 saturated carbocycles. The molecule has 7 N–H and O–H groups in total. The van der Waals surface area contributed by atoms with Gasteiger partial charge in [-0.25, -0.2) is 0 Å². The number of carbonyl (C=O) groups excluding carboxylic acids is 1. The average Bonchev–Trinajstić information content (AvgIpc) is 2.22. The van der Waals surface area contributed by atoms with E-state index >= 15 is 0 Å². The standard InChI is InChI=1S/C6H12O6.K.H2O4S.H/c7-1-3(9)5(11)6(12)4(10)2-8;;1-5(2,3)4;/h1,3-6,8-12H,2H2;;(H2,1,2,3,4);/q;+1;;-1/t3-,4+,5+,6+;;;/m0.../s1. The van der Waals surface area contributed by atoms with E-state index < -0.39 is 41.4 Å². The van der Waals surface area contributed by atoms with Gasteiger partial charge in [0, 0.05) is 0 Å². The normalized spacial score (nSPS) is 17.3. The van der Waals surface area contributed by atoms with Gasteiger partial charge in [-0.3, -0.25) is 9.11 Å². The van der Waals surface area contributed by atoms with E-state index in [1.165, 1.54) is 0 Å². The monoisotopic (exact) mass is 318 g/mol. The van der Waals surface area contributed by atoms with E-state index in [0.717, 1.165) is 0 Å². The minimum Gasteiger partial charge on any atom is -1.00 e. The molecule has 0 unspecified atom stereocenters. The molecule has 10 nitrogen and oxygen atoms in total. The summed E-state index contributed by atoms with van der Waals surface area (Å²) in [6.07, 6.45) is -6.84. The molecule has 0 saturated heterocycles. The first-order valence-electron chi connectivity index (χ1n) is 4.02. The van der Waals surface area contributed by atoms with Gasteiger partial charge in [-0.1, -0.05) is 0 Å². The Morgan fingerprint density at radius 3 is 1.61 bits per heavy atom. The molecule has 0 bridgehead atoms. The molecule has 0 spiro atoms. The van der Waals surface area contributed by atoms with Gasteiger partial charge in [0.25, 0.3) is 0 Å². The van der Waals surface area contributed by atoms with Crippen LogP contribution < -0.4 is 51.4 Å². The summed E-state index contributed by atoms with van der Waals surface area (Å²) in [5.74, 6) is 0. The van der Waals surface area contributed by atoms with Gasteiger partial charge in [-0.05, 0) is 0 Å². The second-order valence-corrected chi connectivity index (χ2v) is 3.70. The van der Waals surface area contributed by atoms with Crippen LogP contribution in [0, 0.1) is 0 Å². The second kappa shape index (κ2) is 11.8. The zero-order valence-corrected chi connectivity index (χ0v) is 13.3. The van der Waals surface area contributed by atoms with Gasteiger partial charge in [0.1, 0.15) is 24.4 Å². The Morgan fingerprint density at radius 2 is 1.39 bits per heavy atom. The van der Waals surface area contributed by atoms with Crippen molar-refractivity contribution in [2.45, 2.75) is 24.4 Å². The predicted molar refractivity (Wildman–Crippen MR) is 52.5 cm³/mol. The van der Waals surface area contributed by atoms with Crippen molar-refractivity contribution in [3.8, 4) is 0 Å². The summed E-state index contributed by atoms with van der Waals surface area (Å²) in [5, 5.41) is 43.5. The smallest absolute Gasteiger partial charge is 1.00 e. The maximum absolute atomic E-state index is 9.90. The van der Waals surface area contributed by atoms with Gasteiger partial charge < -0.3 is 31.8 Å². The van der Waals surface area contributed by atoms with Crippen LogP contribution in [0.1, 0.15) is 1.43 Å². The van der Waals surface area contributed by atoms with E-state index in [2.05, 4.69) is 0 Å². The minimum atomic E-state index is -4.67. The number of carbonyl (C=O) groups is 1. The number of hydrogen-bond donors (Lipinski definition) is 7. The molecular weight excluding hydrogens is 303 g/mol. The molecule has 0 aliphatic heterocycles. The summed E-state index contributed by atoms with van der Waals surface area (Å²) < 4.78 is 31.6. The first-order chi connectivity index (χ1) is 7.54. The van der Waals surface area contributed by atoms with Crippen LogP contribution in [-0.4, -0.2) is 80.4 Å². The molecule has 0 aromatic heterocycles. The second-order valence-electron chi connectivity index (χ2n) is 2.81. The fourth-order valence-electron chi connectivity index (χ4n) is 0.618. The maximum Gasteiger partial charge on any atom is 1.00 e. The zero-order chi connectivity index (χ0) is 14.2. The summed E-state index contributed by atoms with van der Waals surface area (Å²) in [4.78, 5) is 9.90. The third kappa shape index (κ3) is 15.0. The summed E-state index contributed by atoms with van der Waals surface area (Å²) in [6.45, 7) is -0.760. The fraction of sp³-hybridized carbons (Fsp3) is 0.833. The molecule has 18 heavy (non-hydrogen) atoms. The Bertz CT molecular complexity index is 303. The summed E-state index contributed by atoms with van der Waals surface area (Å²) in [5.41, 5.74) is 0. The Kier molecular flexibility index (Phi) is 15.7. The number of aliphatic hydroxyl groups is 5. The maximum atomic E-state index is 9.90. The number of aliphatic hydroxyl groups excluding tert-OH is 5. The van der Waals surface area contributed by atoms with Crippen molar-refractivity contribution >= 4 is 16.7 Å². The third-order valence-electron chi connectivity index (χ3n) is 1.42. The number of aldehydes is 1. The van der Waals surface area contributed by atoms with Gasteiger partial charge >= 0.3 is 61.8 Å². The Morgan fingerprint density at radius 1 is 1.06 bits per heavy atom. The molecule has 0 heterocycles. The van der Waals surface area contributed by atoms with Crippen molar-refractivity contribution in [2.75, 3.05) is 6.61 Å². The molecule has 0 radical (unpaired) electrons. The SMILES string of the molecule is O=C[C@H](O)[C@@H](O)[C@H](O)[C@H](O)CO.O=S(=O)(O)O.[H-].[K+]. The van der Waals surface area contributed by atoms with Gasteiger partial charge in [0.15, 0.2) is 6.29 Å². The summed E-state index contributed by atoms with van der Waals surface area (Å²) >= 11 is 0. The Labute approximate surface area is 147 Å². The molecule has 12 heteroatoms. The van der Waals surface area contributed by atoms with Crippen LogP contribution in [0.3, 0.4) is 0 Å². The first-order valence-corrected chi connectivity index (χ1v) is 5.42. The summed E-state index contributed by atoms with van der Waals surface area (Å²) in [7, 11) is -4.67. The van der Waals surface area contributed by atoms with Gasteiger partial charge in [0.05, 0.1) is 6.61 Å². The molecular formula is C6H15KO10S. The molecule has 0 amide bonds. The molecule has 0 rings (SSSR count). The van der Waals surface area contributed by atoms with E-state index in [1.54, 1.807) is 0 Å². The van der Waals surface area contributed by atoms with Crippen molar-refractivity contribution in [1.82, 2.24) is 0 Å². The quantitative estimate of drug-likeness (QED) is 0.145. The third-order valence-corrected chi connectivity index (χ3v) is 1.42. The zero-order valence-electron chi connectivity index (χ0n) is 10.4. The van der Waals surface area contributed by atoms with Gasteiger partial charge in [-0.15, -0.1) is 0 Å². The van der Waals surface area contributed by atoms with Crippen LogP contribution in [-0.2, 0) is 15.2 Å². The van der Waals surface area contributed by atoms with Crippen molar-refractivity contribution in [2.24, 2.45) is 0 Å². The Hall–Kier alpha value is 0.976. The first kappa shape index (κ1) is 24.0. The van der Waals surface area contributed by atoms with E-state index in [9.17, 15) is 4.79 Å². The molecule has 106 valence electrons. The molecule has 0 fully saturated rings. The van der Waals surface area contributed by atoms with Gasteiger partial charge in [-0.2, -0.15) is 8.42 Å². The largest absolute Gasteiger partial charge is 1.00 e. The van der Waals surface area contributed by atoms with Crippen LogP contribution >= 0.6 is 0 Å². The van der Waals surface area contributed by atoms with Crippen LogP contribution in [0.15, 0.2) is 0 Å². The van der Waals surface area contributed by atoms with Gasteiger partial charge in [0.2, 0.25) is 0 Å². The number of hydrogen-bond acceptors (Lipinski definition) is 8. The van der Waals surface area contributed by atoms with E-state index in [1.807, 2.05) is 0 Å². The average molecular weight is 318 g/mol. The van der Waals surface area contributed by atoms with Crippen LogP contribution in [0.5, 0.6) is 0 Å². The fourth-order valence-corrected chi connectivity index (χ4v) is 0.618. The van der Waals surface area contributed by atoms with E-state index in [4.69, 9.17) is 43.1 Å². The predicted octanol–water partition coefficient (Wildman–Crippen LogP) is -6.92. The van der Waals surface area contributed by atoms with Crippen LogP contribution in [0.25, 0.3) is 0 Å². The minimum absolute atomic E-state index is 0. The molecule has 4 atom stereocenters. The van der Waals surface area contributed by atoms with E-state index in [0.29, 0.717) is 0 Å². The van der Waals surface area contributed by atoms with Crippen molar-refractivity contribution in [3.63, 3.8) is 0 Å². The molecule has 0 aliphatic carbocycles. The van der Waals surface area contributed by atoms with Crippen LogP contribution in [0.4, 0.5) is 0 Å².